The summed E-state index contributed by atoms with van der Waals surface area (Å²) in [5.41, 5.74) is 0.144. The van der Waals surface area contributed by atoms with E-state index >= 15 is 0 Å². The first-order chi connectivity index (χ1) is 9.51. The number of oxazole rings is 1. The lowest BCUT2D eigenvalue weighted by Crippen LogP contribution is -2.31. The van der Waals surface area contributed by atoms with Crippen molar-refractivity contribution >= 4 is 21.8 Å². The average Bonchev–Trinajstić information content (AvgIpc) is 2.88. The van der Waals surface area contributed by atoms with E-state index in [2.05, 4.69) is 26.2 Å². The summed E-state index contributed by atoms with van der Waals surface area (Å²) in [6, 6.07) is 5.62. The molecule has 0 spiro atoms. The van der Waals surface area contributed by atoms with Crippen molar-refractivity contribution in [1.82, 2.24) is 10.3 Å². The molecule has 2 aromatic rings. The highest BCUT2D eigenvalue weighted by molar-refractivity contribution is 9.10. The van der Waals surface area contributed by atoms with Gasteiger partial charge < -0.3 is 9.73 Å². The Balaban J connectivity index is 2.25. The number of hydrogen-bond acceptors (Lipinski definition) is 4. The molecular weight excluding hydrogens is 329 g/mol. The van der Waals surface area contributed by atoms with Crippen LogP contribution < -0.4 is 5.32 Å². The number of amides is 1. The number of rotatable bonds is 3. The number of aromatic nitrogens is 1. The maximum atomic E-state index is 13.7. The highest BCUT2D eigenvalue weighted by Crippen LogP contribution is 2.24. The molecule has 0 aliphatic rings. The Bertz CT molecular complexity index is 693. The molecule has 0 aliphatic carbocycles. The number of nitrogens with zero attached hydrogens (tertiary/aromatic N) is 2. The number of carbonyl (C=O) groups excluding carboxylic acids is 1. The van der Waals surface area contributed by atoms with E-state index in [0.717, 1.165) is 6.26 Å². The Hall–Kier alpha value is -2.20. The Kier molecular flexibility index (Phi) is 4.15. The summed E-state index contributed by atoms with van der Waals surface area (Å²) < 4.78 is 19.4. The summed E-state index contributed by atoms with van der Waals surface area (Å²) in [5, 5.41) is 11.0. The van der Waals surface area contributed by atoms with Crippen molar-refractivity contribution in [2.75, 3.05) is 0 Å². The van der Waals surface area contributed by atoms with E-state index in [4.69, 9.17) is 9.68 Å². The lowest BCUT2D eigenvalue weighted by molar-refractivity contribution is 0.0943. The van der Waals surface area contributed by atoms with E-state index in [1.54, 1.807) is 6.07 Å². The van der Waals surface area contributed by atoms with E-state index in [1.165, 1.54) is 19.1 Å². The van der Waals surface area contributed by atoms with E-state index in [0.29, 0.717) is 4.47 Å². The van der Waals surface area contributed by atoms with Crippen LogP contribution in [0.2, 0.25) is 0 Å². The molecule has 2 rings (SSSR count). The monoisotopic (exact) mass is 337 g/mol. The van der Waals surface area contributed by atoms with Crippen LogP contribution in [-0.4, -0.2) is 16.9 Å². The van der Waals surface area contributed by atoms with Crippen LogP contribution in [0.1, 0.15) is 17.4 Å². The molecule has 1 N–H and O–H groups in total. The van der Waals surface area contributed by atoms with E-state index < -0.39 is 17.8 Å². The number of halogens is 2. The summed E-state index contributed by atoms with van der Waals surface area (Å²) in [4.78, 5) is 15.6. The second kappa shape index (κ2) is 5.84. The molecule has 5 nitrogen and oxygen atoms in total. The fourth-order valence-corrected chi connectivity index (χ4v) is 1.80. The molecule has 0 aliphatic heterocycles. The fourth-order valence-electron chi connectivity index (χ4n) is 1.47. The Morgan fingerprint density at radius 1 is 1.60 bits per heavy atom. The molecular formula is C13H9BrFN3O2. The van der Waals surface area contributed by atoms with Gasteiger partial charge >= 0.3 is 0 Å². The molecule has 1 aromatic heterocycles. The van der Waals surface area contributed by atoms with Gasteiger partial charge in [0.1, 0.15) is 18.1 Å². The maximum absolute atomic E-state index is 13.7. The number of hydrogen-bond donors (Lipinski definition) is 1. The first-order valence-electron chi connectivity index (χ1n) is 5.62. The topological polar surface area (TPSA) is 78.9 Å². The minimum Gasteiger partial charge on any atom is -0.444 e. The minimum atomic E-state index is -0.646. The molecule has 1 atom stereocenters. The Morgan fingerprint density at radius 2 is 2.35 bits per heavy atom. The lowest BCUT2D eigenvalue weighted by Gasteiger charge is -2.02. The highest BCUT2D eigenvalue weighted by Gasteiger charge is 2.17. The Morgan fingerprint density at radius 3 is 3.00 bits per heavy atom. The average molecular weight is 338 g/mol. The fraction of sp³-hybridized carbons (Fsp3) is 0.154. The second-order valence-corrected chi connectivity index (χ2v) is 4.90. The molecule has 1 unspecified atom stereocenters. The van der Waals surface area contributed by atoms with Gasteiger partial charge in [0.05, 0.1) is 11.6 Å². The molecule has 1 aromatic carbocycles. The molecule has 1 heterocycles. The predicted octanol–water partition coefficient (Wildman–Crippen LogP) is 2.89. The maximum Gasteiger partial charge on any atom is 0.274 e. The molecule has 0 fully saturated rings. The van der Waals surface area contributed by atoms with Crippen LogP contribution in [0.25, 0.3) is 11.5 Å². The van der Waals surface area contributed by atoms with Crippen molar-refractivity contribution in [1.29, 1.82) is 5.26 Å². The quantitative estimate of drug-likeness (QED) is 0.933. The zero-order chi connectivity index (χ0) is 14.7. The van der Waals surface area contributed by atoms with Crippen LogP contribution in [0, 0.1) is 17.1 Å². The SMILES string of the molecule is CC(C#N)NC(=O)c1coc(-c2ccc(Br)cc2F)n1. The van der Waals surface area contributed by atoms with Crippen LogP contribution in [0.5, 0.6) is 0 Å². The van der Waals surface area contributed by atoms with Gasteiger partial charge in [-0.3, -0.25) is 4.79 Å². The van der Waals surface area contributed by atoms with E-state index in [-0.39, 0.29) is 17.1 Å². The number of benzene rings is 1. The predicted molar refractivity (Wildman–Crippen MR) is 72.1 cm³/mol. The van der Waals surface area contributed by atoms with Crippen LogP contribution in [0.15, 0.2) is 33.4 Å². The van der Waals surface area contributed by atoms with Gasteiger partial charge in [-0.15, -0.1) is 0 Å². The first-order valence-corrected chi connectivity index (χ1v) is 6.42. The molecule has 0 saturated carbocycles. The van der Waals surface area contributed by atoms with Gasteiger partial charge in [-0.2, -0.15) is 5.26 Å². The zero-order valence-corrected chi connectivity index (χ0v) is 11.9. The lowest BCUT2D eigenvalue weighted by atomic mass is 10.2. The summed E-state index contributed by atoms with van der Waals surface area (Å²) >= 11 is 3.15. The van der Waals surface area contributed by atoms with Gasteiger partial charge in [0.25, 0.3) is 5.91 Å². The second-order valence-electron chi connectivity index (χ2n) is 3.99. The van der Waals surface area contributed by atoms with Crippen molar-refractivity contribution in [3.05, 3.63) is 40.4 Å². The van der Waals surface area contributed by atoms with Gasteiger partial charge in [-0.25, -0.2) is 9.37 Å². The van der Waals surface area contributed by atoms with Crippen LogP contribution >= 0.6 is 15.9 Å². The van der Waals surface area contributed by atoms with Gasteiger partial charge in [0, 0.05) is 4.47 Å². The van der Waals surface area contributed by atoms with Gasteiger partial charge in [0.15, 0.2) is 5.69 Å². The largest absolute Gasteiger partial charge is 0.444 e. The van der Waals surface area contributed by atoms with E-state index in [1.807, 2.05) is 6.07 Å². The number of nitriles is 1. The van der Waals surface area contributed by atoms with Gasteiger partial charge in [-0.05, 0) is 25.1 Å². The third-order valence-electron chi connectivity index (χ3n) is 2.44. The van der Waals surface area contributed by atoms with Gasteiger partial charge in [-0.1, -0.05) is 15.9 Å². The number of nitrogens with one attached hydrogen (secondary N) is 1. The summed E-state index contributed by atoms with van der Waals surface area (Å²) in [6.07, 6.45) is 1.12. The number of carbonyl (C=O) groups is 1. The molecule has 1 amide bonds. The van der Waals surface area contributed by atoms with Crippen LogP contribution in [-0.2, 0) is 0 Å². The third kappa shape index (κ3) is 3.03. The van der Waals surface area contributed by atoms with Crippen molar-refractivity contribution in [3.63, 3.8) is 0 Å². The molecule has 20 heavy (non-hydrogen) atoms. The highest BCUT2D eigenvalue weighted by atomic mass is 79.9. The van der Waals surface area contributed by atoms with Crippen LogP contribution in [0.4, 0.5) is 4.39 Å². The summed E-state index contributed by atoms with van der Waals surface area (Å²) in [6.45, 7) is 1.54. The summed E-state index contributed by atoms with van der Waals surface area (Å²) in [5.74, 6) is -1.06. The molecule has 102 valence electrons. The smallest absolute Gasteiger partial charge is 0.274 e. The molecule has 0 bridgehead atoms. The van der Waals surface area contributed by atoms with Crippen LogP contribution in [0.3, 0.4) is 0 Å². The van der Waals surface area contributed by atoms with Crippen molar-refractivity contribution < 1.29 is 13.6 Å². The normalized spacial score (nSPS) is 11.7. The molecule has 7 heteroatoms. The standard InChI is InChI=1S/C13H9BrFN3O2/c1-7(5-16)17-12(19)11-6-20-13(18-11)9-3-2-8(14)4-10(9)15/h2-4,6-7H,1H3,(H,17,19). The third-order valence-corrected chi connectivity index (χ3v) is 2.93. The van der Waals surface area contributed by atoms with Crippen molar-refractivity contribution in [2.45, 2.75) is 13.0 Å². The van der Waals surface area contributed by atoms with Crippen molar-refractivity contribution in [3.8, 4) is 17.5 Å². The molecule has 0 saturated heterocycles. The van der Waals surface area contributed by atoms with Crippen molar-refractivity contribution in [2.24, 2.45) is 0 Å². The zero-order valence-electron chi connectivity index (χ0n) is 10.4. The first kappa shape index (κ1) is 14.2. The molecule has 0 radical (unpaired) electrons. The van der Waals surface area contributed by atoms with E-state index in [9.17, 15) is 9.18 Å². The Labute approximate surface area is 122 Å². The minimum absolute atomic E-state index is 0.00441. The van der Waals surface area contributed by atoms with Gasteiger partial charge in [0.2, 0.25) is 5.89 Å². The summed E-state index contributed by atoms with van der Waals surface area (Å²) in [7, 11) is 0.